The second-order valence-corrected chi connectivity index (χ2v) is 5.27. The van der Waals surface area contributed by atoms with E-state index in [0.29, 0.717) is 6.04 Å². The lowest BCUT2D eigenvalue weighted by molar-refractivity contribution is 0.563. The van der Waals surface area contributed by atoms with Gasteiger partial charge in [-0.3, -0.25) is 0 Å². The molecule has 16 heavy (non-hydrogen) atoms. The minimum absolute atomic E-state index is 0.469. The summed E-state index contributed by atoms with van der Waals surface area (Å²) >= 11 is 1.82. The Kier molecular flexibility index (Phi) is 4.19. The van der Waals surface area contributed by atoms with Crippen LogP contribution in [0.5, 0.6) is 0 Å². The van der Waals surface area contributed by atoms with Crippen LogP contribution in [0.4, 0.5) is 0 Å². The monoisotopic (exact) mass is 235 g/mol. The van der Waals surface area contributed by atoms with Crippen molar-refractivity contribution in [3.63, 3.8) is 0 Å². The Morgan fingerprint density at radius 2 is 2.25 bits per heavy atom. The van der Waals surface area contributed by atoms with Crippen LogP contribution in [0.25, 0.3) is 0 Å². The van der Waals surface area contributed by atoms with Crippen molar-refractivity contribution in [2.45, 2.75) is 45.6 Å². The van der Waals surface area contributed by atoms with Crippen LogP contribution in [-0.4, -0.2) is 6.54 Å². The SMILES string of the molecule is CCNC(C1=CCCCC1)c1cscc1C. The van der Waals surface area contributed by atoms with Crippen molar-refractivity contribution in [2.75, 3.05) is 6.54 Å². The zero-order valence-electron chi connectivity index (χ0n) is 10.3. The molecule has 0 amide bonds. The first kappa shape index (κ1) is 11.9. The highest BCUT2D eigenvalue weighted by atomic mass is 32.1. The molecule has 1 nitrogen and oxygen atoms in total. The zero-order chi connectivity index (χ0) is 11.4. The Morgan fingerprint density at radius 1 is 1.38 bits per heavy atom. The molecule has 2 rings (SSSR count). The fourth-order valence-corrected chi connectivity index (χ4v) is 3.31. The summed E-state index contributed by atoms with van der Waals surface area (Å²) in [5, 5.41) is 8.19. The van der Waals surface area contributed by atoms with Crippen LogP contribution in [0.1, 0.15) is 49.8 Å². The third-order valence-electron chi connectivity index (χ3n) is 3.31. The topological polar surface area (TPSA) is 12.0 Å². The van der Waals surface area contributed by atoms with Crippen molar-refractivity contribution in [1.29, 1.82) is 0 Å². The predicted octanol–water partition coefficient (Wildman–Crippen LogP) is 4.21. The van der Waals surface area contributed by atoms with Crippen molar-refractivity contribution < 1.29 is 0 Å². The predicted molar refractivity (Wildman–Crippen MR) is 72.0 cm³/mol. The Labute approximate surface area is 103 Å². The fraction of sp³-hybridized carbons (Fsp3) is 0.571. The Hall–Kier alpha value is -0.600. The van der Waals surface area contributed by atoms with Crippen LogP contribution in [-0.2, 0) is 0 Å². The standard InChI is InChI=1S/C14H21NS/c1-3-15-14(12-7-5-4-6-8-12)13-10-16-9-11(13)2/h7,9-10,14-15H,3-6,8H2,1-2H3. The van der Waals surface area contributed by atoms with Gasteiger partial charge in [0.05, 0.1) is 6.04 Å². The molecule has 1 aliphatic carbocycles. The third kappa shape index (κ3) is 2.55. The molecule has 1 aromatic rings. The molecule has 0 radical (unpaired) electrons. The molecule has 2 heteroatoms. The van der Waals surface area contributed by atoms with Crippen LogP contribution in [0, 0.1) is 6.92 Å². The van der Waals surface area contributed by atoms with Gasteiger partial charge >= 0.3 is 0 Å². The second kappa shape index (κ2) is 5.65. The highest BCUT2D eigenvalue weighted by molar-refractivity contribution is 7.08. The van der Waals surface area contributed by atoms with E-state index in [1.807, 2.05) is 11.3 Å². The van der Waals surface area contributed by atoms with Gasteiger partial charge in [0.2, 0.25) is 0 Å². The van der Waals surface area contributed by atoms with Gasteiger partial charge < -0.3 is 5.32 Å². The number of hydrogen-bond acceptors (Lipinski definition) is 2. The first-order valence-corrected chi connectivity index (χ1v) is 7.22. The number of aryl methyl sites for hydroxylation is 1. The van der Waals surface area contributed by atoms with Crippen LogP contribution in [0.15, 0.2) is 22.4 Å². The molecule has 1 N–H and O–H groups in total. The molecule has 0 saturated heterocycles. The van der Waals surface area contributed by atoms with Gasteiger partial charge in [-0.15, -0.1) is 0 Å². The molecule has 0 aliphatic heterocycles. The lowest BCUT2D eigenvalue weighted by Gasteiger charge is -2.24. The number of hydrogen-bond donors (Lipinski definition) is 1. The molecule has 0 bridgehead atoms. The summed E-state index contributed by atoms with van der Waals surface area (Å²) < 4.78 is 0. The molecule has 1 aliphatic rings. The van der Waals surface area contributed by atoms with Crippen molar-refractivity contribution in [1.82, 2.24) is 5.32 Å². The van der Waals surface area contributed by atoms with Gasteiger partial charge in [-0.05, 0) is 61.0 Å². The Balaban J connectivity index is 2.23. The highest BCUT2D eigenvalue weighted by Crippen LogP contribution is 2.32. The smallest absolute Gasteiger partial charge is 0.0546 e. The molecule has 1 heterocycles. The van der Waals surface area contributed by atoms with Crippen molar-refractivity contribution in [3.8, 4) is 0 Å². The number of allylic oxidation sites excluding steroid dienone is 1. The summed E-state index contributed by atoms with van der Waals surface area (Å²) in [5.74, 6) is 0. The zero-order valence-corrected chi connectivity index (χ0v) is 11.1. The number of thiophene rings is 1. The normalized spacial score (nSPS) is 18.2. The first-order valence-electron chi connectivity index (χ1n) is 6.28. The van der Waals surface area contributed by atoms with E-state index in [4.69, 9.17) is 0 Å². The summed E-state index contributed by atoms with van der Waals surface area (Å²) in [6.07, 6.45) is 7.71. The van der Waals surface area contributed by atoms with E-state index in [0.717, 1.165) is 6.54 Å². The lowest BCUT2D eigenvalue weighted by Crippen LogP contribution is -2.23. The first-order chi connectivity index (χ1) is 7.83. The van der Waals surface area contributed by atoms with Crippen molar-refractivity contribution in [2.24, 2.45) is 0 Å². The van der Waals surface area contributed by atoms with Crippen molar-refractivity contribution >= 4 is 11.3 Å². The van der Waals surface area contributed by atoms with E-state index in [2.05, 4.69) is 36.0 Å². The summed E-state index contributed by atoms with van der Waals surface area (Å²) in [6.45, 7) is 5.45. The molecular formula is C14H21NS. The Bertz CT molecular complexity index is 365. The largest absolute Gasteiger partial charge is 0.307 e. The molecule has 0 saturated carbocycles. The maximum Gasteiger partial charge on any atom is 0.0546 e. The van der Waals surface area contributed by atoms with Crippen LogP contribution >= 0.6 is 11.3 Å². The summed E-state index contributed by atoms with van der Waals surface area (Å²) in [7, 11) is 0. The van der Waals surface area contributed by atoms with E-state index >= 15 is 0 Å². The summed E-state index contributed by atoms with van der Waals surface area (Å²) in [5.41, 5.74) is 4.53. The van der Waals surface area contributed by atoms with E-state index in [1.54, 1.807) is 5.57 Å². The summed E-state index contributed by atoms with van der Waals surface area (Å²) in [6, 6.07) is 0.469. The van der Waals surface area contributed by atoms with Gasteiger partial charge in [0.1, 0.15) is 0 Å². The number of rotatable bonds is 4. The minimum Gasteiger partial charge on any atom is -0.307 e. The van der Waals surface area contributed by atoms with Crippen LogP contribution < -0.4 is 5.32 Å². The maximum atomic E-state index is 3.63. The van der Waals surface area contributed by atoms with Gasteiger partial charge in [0, 0.05) is 0 Å². The van der Waals surface area contributed by atoms with Gasteiger partial charge in [-0.2, -0.15) is 11.3 Å². The number of likely N-dealkylation sites (N-methyl/N-ethyl adjacent to an activating group) is 1. The van der Waals surface area contributed by atoms with Gasteiger partial charge in [0.25, 0.3) is 0 Å². The quantitative estimate of drug-likeness (QED) is 0.771. The van der Waals surface area contributed by atoms with Gasteiger partial charge in [-0.1, -0.05) is 18.6 Å². The van der Waals surface area contributed by atoms with Crippen molar-refractivity contribution in [3.05, 3.63) is 33.5 Å². The maximum absolute atomic E-state index is 3.63. The minimum atomic E-state index is 0.469. The van der Waals surface area contributed by atoms with Crippen LogP contribution in [0.2, 0.25) is 0 Å². The molecule has 1 aromatic heterocycles. The average Bonchev–Trinajstić information content (AvgIpc) is 2.73. The molecule has 1 atom stereocenters. The summed E-state index contributed by atoms with van der Waals surface area (Å²) in [4.78, 5) is 0. The van der Waals surface area contributed by atoms with E-state index < -0.39 is 0 Å². The Morgan fingerprint density at radius 3 is 2.81 bits per heavy atom. The lowest BCUT2D eigenvalue weighted by atomic mass is 9.89. The molecule has 0 spiro atoms. The van der Waals surface area contributed by atoms with E-state index in [1.165, 1.54) is 36.8 Å². The molecule has 1 unspecified atom stereocenters. The molecule has 88 valence electrons. The number of nitrogens with one attached hydrogen (secondary N) is 1. The van der Waals surface area contributed by atoms with E-state index in [9.17, 15) is 0 Å². The second-order valence-electron chi connectivity index (χ2n) is 4.53. The van der Waals surface area contributed by atoms with Gasteiger partial charge in [-0.25, -0.2) is 0 Å². The average molecular weight is 235 g/mol. The third-order valence-corrected chi connectivity index (χ3v) is 4.19. The molecule has 0 aromatic carbocycles. The van der Waals surface area contributed by atoms with Gasteiger partial charge in [0.15, 0.2) is 0 Å². The fourth-order valence-electron chi connectivity index (χ4n) is 2.44. The molecular weight excluding hydrogens is 214 g/mol. The van der Waals surface area contributed by atoms with Crippen LogP contribution in [0.3, 0.4) is 0 Å². The highest BCUT2D eigenvalue weighted by Gasteiger charge is 2.19. The molecule has 0 fully saturated rings. The van der Waals surface area contributed by atoms with E-state index in [-0.39, 0.29) is 0 Å².